The normalized spacial score (nSPS) is 10.7. The fourth-order valence-corrected chi connectivity index (χ4v) is 1.93. The minimum absolute atomic E-state index is 0.0143. The number of rotatable bonds is 6. The molecule has 0 saturated carbocycles. The van der Waals surface area contributed by atoms with Gasteiger partial charge in [-0.2, -0.15) is 0 Å². The summed E-state index contributed by atoms with van der Waals surface area (Å²) < 4.78 is 13.1. The molecule has 0 radical (unpaired) electrons. The van der Waals surface area contributed by atoms with Crippen molar-refractivity contribution in [2.75, 3.05) is 13.1 Å². The van der Waals surface area contributed by atoms with E-state index in [1.807, 2.05) is 12.1 Å². The molecular formula is C15H18FN3O. The zero-order valence-corrected chi connectivity index (χ0v) is 11.2. The number of carbonyl (C=O) groups excluding carboxylic acids is 1. The van der Waals surface area contributed by atoms with Crippen molar-refractivity contribution in [3.63, 3.8) is 0 Å². The van der Waals surface area contributed by atoms with E-state index in [0.29, 0.717) is 31.4 Å². The molecule has 5 heteroatoms. The molecule has 0 aliphatic heterocycles. The third-order valence-electron chi connectivity index (χ3n) is 3.02. The maximum Gasteiger partial charge on any atom is 0.220 e. The van der Waals surface area contributed by atoms with Crippen LogP contribution in [0.1, 0.15) is 18.5 Å². The summed E-state index contributed by atoms with van der Waals surface area (Å²) >= 11 is 0. The van der Waals surface area contributed by atoms with Gasteiger partial charge in [0, 0.05) is 30.1 Å². The monoisotopic (exact) mass is 275 g/mol. The van der Waals surface area contributed by atoms with Crippen LogP contribution in [0.2, 0.25) is 0 Å². The van der Waals surface area contributed by atoms with Crippen LogP contribution in [0.5, 0.6) is 0 Å². The van der Waals surface area contributed by atoms with Gasteiger partial charge >= 0.3 is 0 Å². The molecule has 20 heavy (non-hydrogen) atoms. The summed E-state index contributed by atoms with van der Waals surface area (Å²) in [6.07, 6.45) is 1.69. The van der Waals surface area contributed by atoms with Gasteiger partial charge in [0.15, 0.2) is 0 Å². The number of fused-ring (bicyclic) bond motifs is 1. The number of amides is 1. The molecule has 1 aromatic carbocycles. The first-order chi connectivity index (χ1) is 9.69. The first-order valence-electron chi connectivity index (χ1n) is 6.71. The third-order valence-corrected chi connectivity index (χ3v) is 3.02. The molecule has 0 bridgehead atoms. The molecule has 0 atom stereocenters. The number of nitrogens with zero attached hydrogens (tertiary/aromatic N) is 1. The van der Waals surface area contributed by atoms with Gasteiger partial charge in [0.25, 0.3) is 0 Å². The Kier molecular flexibility index (Phi) is 5.01. The van der Waals surface area contributed by atoms with E-state index in [0.717, 1.165) is 17.5 Å². The predicted molar refractivity (Wildman–Crippen MR) is 76.7 cm³/mol. The molecule has 1 aromatic heterocycles. The number of pyridine rings is 1. The lowest BCUT2D eigenvalue weighted by Gasteiger charge is -2.05. The number of hydrogen-bond donors (Lipinski definition) is 2. The van der Waals surface area contributed by atoms with E-state index in [9.17, 15) is 9.18 Å². The zero-order valence-electron chi connectivity index (χ0n) is 11.2. The second-order valence-corrected chi connectivity index (χ2v) is 4.63. The summed E-state index contributed by atoms with van der Waals surface area (Å²) in [6, 6.07) is 8.27. The Bertz CT molecular complexity index is 601. The van der Waals surface area contributed by atoms with Crippen LogP contribution in [-0.2, 0) is 11.2 Å². The molecule has 0 aliphatic carbocycles. The molecule has 0 aliphatic rings. The largest absolute Gasteiger partial charge is 0.356 e. The molecule has 1 heterocycles. The van der Waals surface area contributed by atoms with Crippen LogP contribution in [0.4, 0.5) is 4.39 Å². The molecule has 0 fully saturated rings. The van der Waals surface area contributed by atoms with Crippen molar-refractivity contribution >= 4 is 16.8 Å². The number of benzene rings is 1. The number of nitrogens with two attached hydrogens (primary N) is 1. The second-order valence-electron chi connectivity index (χ2n) is 4.63. The predicted octanol–water partition coefficient (Wildman–Crippen LogP) is 1.77. The quantitative estimate of drug-likeness (QED) is 0.789. The topological polar surface area (TPSA) is 68.0 Å². The van der Waals surface area contributed by atoms with E-state index >= 15 is 0 Å². The summed E-state index contributed by atoms with van der Waals surface area (Å²) in [4.78, 5) is 15.9. The van der Waals surface area contributed by atoms with Crippen molar-refractivity contribution in [2.24, 2.45) is 5.73 Å². The number of aryl methyl sites for hydroxylation is 1. The average Bonchev–Trinajstić information content (AvgIpc) is 2.45. The second kappa shape index (κ2) is 6.96. The molecule has 2 aromatic rings. The summed E-state index contributed by atoms with van der Waals surface area (Å²) in [5.41, 5.74) is 6.76. The van der Waals surface area contributed by atoms with Gasteiger partial charge in [0.05, 0.1) is 5.52 Å². The molecule has 2 rings (SSSR count). The Hall–Kier alpha value is -2.01. The average molecular weight is 275 g/mol. The van der Waals surface area contributed by atoms with Crippen LogP contribution in [-0.4, -0.2) is 24.0 Å². The lowest BCUT2D eigenvalue weighted by Crippen LogP contribution is -2.26. The lowest BCUT2D eigenvalue weighted by atomic mass is 10.1. The van der Waals surface area contributed by atoms with E-state index in [1.54, 1.807) is 6.07 Å². The summed E-state index contributed by atoms with van der Waals surface area (Å²) in [5.74, 6) is -0.318. The van der Waals surface area contributed by atoms with Gasteiger partial charge < -0.3 is 11.1 Å². The molecule has 3 N–H and O–H groups in total. The lowest BCUT2D eigenvalue weighted by molar-refractivity contribution is -0.121. The van der Waals surface area contributed by atoms with Crippen LogP contribution in [0.3, 0.4) is 0 Å². The molecule has 4 nitrogen and oxygen atoms in total. The third kappa shape index (κ3) is 3.99. The van der Waals surface area contributed by atoms with Crippen LogP contribution in [0, 0.1) is 5.82 Å². The Morgan fingerprint density at radius 1 is 1.30 bits per heavy atom. The van der Waals surface area contributed by atoms with E-state index < -0.39 is 0 Å². The van der Waals surface area contributed by atoms with E-state index in [-0.39, 0.29) is 11.7 Å². The summed E-state index contributed by atoms with van der Waals surface area (Å²) in [5, 5.41) is 3.68. The van der Waals surface area contributed by atoms with Crippen LogP contribution in [0.15, 0.2) is 30.3 Å². The first kappa shape index (κ1) is 14.4. The Morgan fingerprint density at radius 3 is 2.90 bits per heavy atom. The summed E-state index contributed by atoms with van der Waals surface area (Å²) in [7, 11) is 0. The standard InChI is InChI=1S/C15H18FN3O/c16-12-4-2-11-3-5-13(19-14(11)10-12)6-7-15(20)18-9-1-8-17/h2-5,10H,1,6-9,17H2,(H,18,20). The van der Waals surface area contributed by atoms with E-state index in [2.05, 4.69) is 10.3 Å². The molecule has 0 spiro atoms. The first-order valence-corrected chi connectivity index (χ1v) is 6.71. The van der Waals surface area contributed by atoms with E-state index in [1.165, 1.54) is 12.1 Å². The number of nitrogens with one attached hydrogen (secondary N) is 1. The highest BCUT2D eigenvalue weighted by atomic mass is 19.1. The molecular weight excluding hydrogens is 257 g/mol. The van der Waals surface area contributed by atoms with Crippen molar-refractivity contribution in [3.8, 4) is 0 Å². The van der Waals surface area contributed by atoms with Crippen LogP contribution >= 0.6 is 0 Å². The van der Waals surface area contributed by atoms with Gasteiger partial charge in [0.1, 0.15) is 5.82 Å². The van der Waals surface area contributed by atoms with E-state index in [4.69, 9.17) is 5.73 Å². The fraction of sp³-hybridized carbons (Fsp3) is 0.333. The number of halogens is 1. The maximum absolute atomic E-state index is 13.1. The van der Waals surface area contributed by atoms with Gasteiger partial charge in [-0.25, -0.2) is 4.39 Å². The van der Waals surface area contributed by atoms with Crippen LogP contribution in [0.25, 0.3) is 10.9 Å². The summed E-state index contributed by atoms with van der Waals surface area (Å²) in [6.45, 7) is 1.17. The van der Waals surface area contributed by atoms with Crippen molar-refractivity contribution < 1.29 is 9.18 Å². The SMILES string of the molecule is NCCCNC(=O)CCc1ccc2ccc(F)cc2n1. The number of aromatic nitrogens is 1. The molecule has 0 unspecified atom stereocenters. The Balaban J connectivity index is 1.94. The number of hydrogen-bond acceptors (Lipinski definition) is 3. The molecule has 0 saturated heterocycles. The van der Waals surface area contributed by atoms with Gasteiger partial charge in [-0.05, 0) is 37.6 Å². The fourth-order valence-electron chi connectivity index (χ4n) is 1.93. The highest BCUT2D eigenvalue weighted by Gasteiger charge is 2.04. The van der Waals surface area contributed by atoms with Crippen molar-refractivity contribution in [2.45, 2.75) is 19.3 Å². The highest BCUT2D eigenvalue weighted by Crippen LogP contribution is 2.14. The maximum atomic E-state index is 13.1. The Labute approximate surface area is 117 Å². The van der Waals surface area contributed by atoms with Crippen LogP contribution < -0.4 is 11.1 Å². The van der Waals surface area contributed by atoms with Gasteiger partial charge in [-0.3, -0.25) is 9.78 Å². The van der Waals surface area contributed by atoms with Gasteiger partial charge in [-0.15, -0.1) is 0 Å². The van der Waals surface area contributed by atoms with Crippen molar-refractivity contribution in [1.29, 1.82) is 0 Å². The van der Waals surface area contributed by atoms with Gasteiger partial charge in [0.2, 0.25) is 5.91 Å². The van der Waals surface area contributed by atoms with Gasteiger partial charge in [-0.1, -0.05) is 6.07 Å². The minimum atomic E-state index is -0.304. The highest BCUT2D eigenvalue weighted by molar-refractivity contribution is 5.79. The van der Waals surface area contributed by atoms with Crippen molar-refractivity contribution in [3.05, 3.63) is 41.8 Å². The number of carbonyl (C=O) groups is 1. The smallest absolute Gasteiger partial charge is 0.220 e. The minimum Gasteiger partial charge on any atom is -0.356 e. The molecule has 1 amide bonds. The zero-order chi connectivity index (χ0) is 14.4. The Morgan fingerprint density at radius 2 is 2.10 bits per heavy atom. The molecule has 106 valence electrons. The van der Waals surface area contributed by atoms with Crippen molar-refractivity contribution in [1.82, 2.24) is 10.3 Å².